The van der Waals surface area contributed by atoms with E-state index in [1.165, 1.54) is 89.9 Å². The Morgan fingerprint density at radius 2 is 0.765 bits per heavy atom. The predicted molar refractivity (Wildman–Crippen MR) is 349 cm³/mol. The van der Waals surface area contributed by atoms with E-state index in [2.05, 4.69) is 118 Å². The summed E-state index contributed by atoms with van der Waals surface area (Å²) in [6.07, 6.45) is 69.1. The molecule has 0 spiro atoms. The molecule has 6 atom stereocenters. The highest BCUT2D eigenvalue weighted by molar-refractivity contribution is 5.74. The summed E-state index contributed by atoms with van der Waals surface area (Å²) in [5, 5.41) is 31.6. The maximum atomic E-state index is 13.2. The van der Waals surface area contributed by atoms with Crippen molar-refractivity contribution in [3.05, 3.63) is 109 Å². The van der Waals surface area contributed by atoms with E-state index >= 15 is 0 Å². The first kappa shape index (κ1) is 78.4. The number of aliphatic hydroxyl groups is 2. The normalized spacial score (nSPS) is 18.2. The molecule has 0 amide bonds. The van der Waals surface area contributed by atoms with Gasteiger partial charge in [0.2, 0.25) is 0 Å². The molecule has 1 rings (SSSR count). The Hall–Kier alpha value is -4.62. The number of rotatable bonds is 57. The van der Waals surface area contributed by atoms with Crippen molar-refractivity contribution in [1.29, 1.82) is 0 Å². The van der Waals surface area contributed by atoms with Crippen LogP contribution in [0.2, 0.25) is 0 Å². The third-order valence-electron chi connectivity index (χ3n) is 14.9. The molecular formula is C73H120O12. The maximum Gasteiger partial charge on any atom is 0.335 e. The van der Waals surface area contributed by atoms with Crippen molar-refractivity contribution in [3.63, 3.8) is 0 Å². The van der Waals surface area contributed by atoms with Crippen molar-refractivity contribution >= 4 is 23.9 Å². The van der Waals surface area contributed by atoms with Crippen LogP contribution in [0.1, 0.15) is 278 Å². The van der Waals surface area contributed by atoms with Crippen molar-refractivity contribution < 1.29 is 58.2 Å². The standard InChI is InChI=1S/C73H120O12/c1-4-7-10-13-16-19-22-25-28-31-33-36-38-41-44-47-50-53-56-59-65(74)81-62-64(83-66(75)60-57-54-51-48-45-42-39-35-30-27-24-21-18-15-12-9-6-3)63-82-73-71(69(78)68(77)70(85-73)72(79)80)84-67(76)61-58-55-52-49-46-43-40-37-34-32-29-26-23-20-17-14-11-8-5-2/h7,9-10,12,16,18-19,21,25,27-28,30,33,36,41,44,50,53,64,68-71,73,77-78H,4-6,8,11,13-15,17,20,22-24,26,29,31-32,34-35,37-40,42-43,45-49,51-52,54-63H2,1-3H3,(H,79,80)/b10-7-,12-9-,19-16-,21-18-,28-25-,30-27-,36-33-,44-41-,53-50-. The molecule has 6 unspecified atom stereocenters. The second kappa shape index (κ2) is 59.7. The highest BCUT2D eigenvalue weighted by Crippen LogP contribution is 2.27. The lowest BCUT2D eigenvalue weighted by atomic mass is 9.98. The predicted octanol–water partition coefficient (Wildman–Crippen LogP) is 18.6. The van der Waals surface area contributed by atoms with Crippen molar-refractivity contribution in [1.82, 2.24) is 0 Å². The summed E-state index contributed by atoms with van der Waals surface area (Å²) in [5.74, 6) is -3.24. The Kier molecular flexibility index (Phi) is 55.1. The molecule has 0 radical (unpaired) electrons. The molecule has 0 aromatic rings. The molecule has 0 aromatic carbocycles. The second-order valence-electron chi connectivity index (χ2n) is 22.7. The summed E-state index contributed by atoms with van der Waals surface area (Å²) in [6, 6.07) is 0. The van der Waals surface area contributed by atoms with E-state index in [1.807, 2.05) is 12.2 Å². The third kappa shape index (κ3) is 49.1. The van der Waals surface area contributed by atoms with Gasteiger partial charge in [0.1, 0.15) is 18.8 Å². The van der Waals surface area contributed by atoms with Crippen LogP contribution in [-0.4, -0.2) is 89.2 Å². The van der Waals surface area contributed by atoms with E-state index in [9.17, 15) is 34.5 Å². The molecule has 1 fully saturated rings. The maximum absolute atomic E-state index is 13.2. The monoisotopic (exact) mass is 1190 g/mol. The SMILES string of the molecule is CC/C=C\C/C=C\C/C=C\C/C=C\C/C=C\C/C=C\CCC(=O)OCC(COC1OC(C(=O)O)C(O)C(O)C1OC(=O)CCCCCCCCCCCCCCCCCCCCC)OC(=O)CCCCCCCCC/C=C\C/C=C\C/C=C\CC. The fourth-order valence-electron chi connectivity index (χ4n) is 9.76. The molecule has 0 saturated carbocycles. The van der Waals surface area contributed by atoms with E-state index in [4.69, 9.17) is 23.7 Å². The molecule has 3 N–H and O–H groups in total. The van der Waals surface area contributed by atoms with Gasteiger partial charge in [0.05, 0.1) is 6.61 Å². The Labute approximate surface area is 516 Å². The molecule has 1 aliphatic heterocycles. The van der Waals surface area contributed by atoms with E-state index < -0.39 is 67.3 Å². The number of ether oxygens (including phenoxy) is 5. The lowest BCUT2D eigenvalue weighted by Gasteiger charge is -2.40. The summed E-state index contributed by atoms with van der Waals surface area (Å²) >= 11 is 0. The number of aliphatic hydroxyl groups excluding tert-OH is 2. The van der Waals surface area contributed by atoms with Crippen LogP contribution in [0.15, 0.2) is 109 Å². The van der Waals surface area contributed by atoms with Gasteiger partial charge in [0.15, 0.2) is 24.6 Å². The van der Waals surface area contributed by atoms with E-state index in [0.29, 0.717) is 19.3 Å². The average Bonchev–Trinajstić information content (AvgIpc) is 3.51. The van der Waals surface area contributed by atoms with Gasteiger partial charge in [-0.15, -0.1) is 0 Å². The molecule has 1 saturated heterocycles. The average molecular weight is 1190 g/mol. The Morgan fingerprint density at radius 1 is 0.400 bits per heavy atom. The van der Waals surface area contributed by atoms with Crippen LogP contribution in [0.5, 0.6) is 0 Å². The number of allylic oxidation sites excluding steroid dienone is 18. The molecular weight excluding hydrogens is 1070 g/mol. The molecule has 12 nitrogen and oxygen atoms in total. The minimum atomic E-state index is -1.92. The van der Waals surface area contributed by atoms with Gasteiger partial charge >= 0.3 is 23.9 Å². The number of carbonyl (C=O) groups is 4. The van der Waals surface area contributed by atoms with Crippen molar-refractivity contribution in [2.75, 3.05) is 13.2 Å². The summed E-state index contributed by atoms with van der Waals surface area (Å²) in [4.78, 5) is 51.4. The summed E-state index contributed by atoms with van der Waals surface area (Å²) < 4.78 is 28.5. The Balaban J connectivity index is 2.69. The summed E-state index contributed by atoms with van der Waals surface area (Å²) in [6.45, 7) is 5.73. The van der Waals surface area contributed by atoms with Crippen molar-refractivity contribution in [2.24, 2.45) is 0 Å². The molecule has 0 aromatic heterocycles. The molecule has 484 valence electrons. The van der Waals surface area contributed by atoms with Crippen LogP contribution in [0.3, 0.4) is 0 Å². The number of aliphatic carboxylic acids is 1. The number of carboxylic acid groups (broad SMARTS) is 1. The largest absolute Gasteiger partial charge is 0.479 e. The summed E-state index contributed by atoms with van der Waals surface area (Å²) in [5.41, 5.74) is 0. The van der Waals surface area contributed by atoms with Crippen LogP contribution < -0.4 is 0 Å². The first-order valence-corrected chi connectivity index (χ1v) is 33.9. The molecule has 12 heteroatoms. The first-order valence-electron chi connectivity index (χ1n) is 33.9. The second-order valence-corrected chi connectivity index (χ2v) is 22.7. The molecule has 85 heavy (non-hydrogen) atoms. The lowest BCUT2D eigenvalue weighted by molar-refractivity contribution is -0.301. The van der Waals surface area contributed by atoms with Crippen LogP contribution >= 0.6 is 0 Å². The topological polar surface area (TPSA) is 175 Å². The first-order chi connectivity index (χ1) is 41.6. The van der Waals surface area contributed by atoms with Gasteiger partial charge in [-0.05, 0) is 89.9 Å². The quantitative estimate of drug-likeness (QED) is 0.0228. The van der Waals surface area contributed by atoms with Gasteiger partial charge in [-0.3, -0.25) is 14.4 Å². The van der Waals surface area contributed by atoms with Crippen LogP contribution in [0.25, 0.3) is 0 Å². The molecule has 0 bridgehead atoms. The van der Waals surface area contributed by atoms with Crippen molar-refractivity contribution in [3.8, 4) is 0 Å². The number of unbranched alkanes of at least 4 members (excludes halogenated alkanes) is 25. The zero-order valence-corrected chi connectivity index (χ0v) is 53.6. The fourth-order valence-corrected chi connectivity index (χ4v) is 9.76. The Bertz CT molecular complexity index is 1890. The van der Waals surface area contributed by atoms with Crippen LogP contribution in [0.4, 0.5) is 0 Å². The zero-order valence-electron chi connectivity index (χ0n) is 53.6. The fraction of sp³-hybridized carbons (Fsp3) is 0.699. The number of carboxylic acids is 1. The van der Waals surface area contributed by atoms with Gasteiger partial charge in [-0.2, -0.15) is 0 Å². The zero-order chi connectivity index (χ0) is 61.7. The van der Waals surface area contributed by atoms with E-state index in [1.54, 1.807) is 0 Å². The highest BCUT2D eigenvalue weighted by Gasteiger charge is 2.50. The highest BCUT2D eigenvalue weighted by atomic mass is 16.7. The smallest absolute Gasteiger partial charge is 0.335 e. The van der Waals surface area contributed by atoms with Gasteiger partial charge in [-0.1, -0.05) is 278 Å². The van der Waals surface area contributed by atoms with Gasteiger partial charge in [0.25, 0.3) is 0 Å². The Morgan fingerprint density at radius 3 is 1.18 bits per heavy atom. The minimum Gasteiger partial charge on any atom is -0.479 e. The van der Waals surface area contributed by atoms with Gasteiger partial charge in [0, 0.05) is 19.3 Å². The van der Waals surface area contributed by atoms with Gasteiger partial charge in [-0.25, -0.2) is 4.79 Å². The van der Waals surface area contributed by atoms with Crippen LogP contribution in [-0.2, 0) is 42.9 Å². The molecule has 1 aliphatic rings. The molecule has 1 heterocycles. The third-order valence-corrected chi connectivity index (χ3v) is 14.9. The number of hydrogen-bond donors (Lipinski definition) is 3. The minimum absolute atomic E-state index is 0.0513. The van der Waals surface area contributed by atoms with Gasteiger partial charge < -0.3 is 39.0 Å². The number of hydrogen-bond acceptors (Lipinski definition) is 11. The number of carbonyl (C=O) groups excluding carboxylic acids is 3. The summed E-state index contributed by atoms with van der Waals surface area (Å²) in [7, 11) is 0. The van der Waals surface area contributed by atoms with Crippen molar-refractivity contribution in [2.45, 2.75) is 314 Å². The lowest BCUT2D eigenvalue weighted by Crippen LogP contribution is -2.61. The molecule has 0 aliphatic carbocycles. The van der Waals surface area contributed by atoms with Crippen LogP contribution in [0, 0.1) is 0 Å². The van der Waals surface area contributed by atoms with E-state index in [0.717, 1.165) is 128 Å². The van der Waals surface area contributed by atoms with E-state index in [-0.39, 0.29) is 25.9 Å². The number of esters is 3.